The van der Waals surface area contributed by atoms with Crippen LogP contribution in [-0.2, 0) is 0 Å². The van der Waals surface area contributed by atoms with Gasteiger partial charge in [0.25, 0.3) is 5.91 Å². The van der Waals surface area contributed by atoms with E-state index in [1.165, 1.54) is 18.3 Å². The molecule has 32 heavy (non-hydrogen) atoms. The monoisotopic (exact) mass is 435 g/mol. The van der Waals surface area contributed by atoms with E-state index < -0.39 is 12.1 Å². The Morgan fingerprint density at radius 3 is 2.53 bits per heavy atom. The molecule has 0 fully saturated rings. The lowest BCUT2D eigenvalue weighted by Gasteiger charge is -2.16. The van der Waals surface area contributed by atoms with E-state index in [9.17, 15) is 14.3 Å². The highest BCUT2D eigenvalue weighted by molar-refractivity contribution is 5.94. The van der Waals surface area contributed by atoms with Crippen molar-refractivity contribution in [1.29, 1.82) is 0 Å². The predicted molar refractivity (Wildman–Crippen MR) is 115 cm³/mol. The fourth-order valence-corrected chi connectivity index (χ4v) is 3.04. The molecule has 0 bridgehead atoms. The molecule has 0 aliphatic heterocycles. The maximum atomic E-state index is 13.3. The molecule has 0 saturated carbocycles. The standard InChI is InChI=1S/C22H22FN7O2/c1-13(2)21(31)26-22(32)15-4-9-19(24-10-15)29-11-18(25-12-29)20-14(3)27-28-30(20)17-7-5-16(23)6-8-17/h4-13,21,31H,1-3H3,(H,26,32). The average Bonchev–Trinajstić information content (AvgIpc) is 3.41. The Bertz CT molecular complexity index is 1230. The average molecular weight is 435 g/mol. The molecule has 0 saturated heterocycles. The lowest BCUT2D eigenvalue weighted by molar-refractivity contribution is 0.0647. The fraction of sp³-hybridized carbons (Fsp3) is 0.227. The van der Waals surface area contributed by atoms with Gasteiger partial charge in [0.1, 0.15) is 35.6 Å². The Kier molecular flexibility index (Phi) is 5.78. The van der Waals surface area contributed by atoms with Gasteiger partial charge in [-0.25, -0.2) is 19.0 Å². The van der Waals surface area contributed by atoms with Crippen LogP contribution >= 0.6 is 0 Å². The number of nitrogens with zero attached hydrogens (tertiary/aromatic N) is 6. The van der Waals surface area contributed by atoms with Crippen molar-refractivity contribution in [1.82, 2.24) is 34.8 Å². The minimum atomic E-state index is -0.929. The van der Waals surface area contributed by atoms with Crippen molar-refractivity contribution >= 4 is 5.91 Å². The summed E-state index contributed by atoms with van der Waals surface area (Å²) in [5.41, 5.74) is 2.95. The Labute approximate surface area is 183 Å². The van der Waals surface area contributed by atoms with Crippen LogP contribution in [0.15, 0.2) is 55.1 Å². The summed E-state index contributed by atoms with van der Waals surface area (Å²) in [4.78, 5) is 21.0. The first kappa shape index (κ1) is 21.3. The van der Waals surface area contributed by atoms with Gasteiger partial charge in [0.05, 0.1) is 16.9 Å². The van der Waals surface area contributed by atoms with Crippen LogP contribution in [0.1, 0.15) is 29.9 Å². The number of aromatic nitrogens is 6. The summed E-state index contributed by atoms with van der Waals surface area (Å²) in [6.45, 7) is 5.43. The lowest BCUT2D eigenvalue weighted by Crippen LogP contribution is -2.38. The van der Waals surface area contributed by atoms with Crippen LogP contribution in [0.5, 0.6) is 0 Å². The highest BCUT2D eigenvalue weighted by Crippen LogP contribution is 2.24. The van der Waals surface area contributed by atoms with Crippen LogP contribution in [0.2, 0.25) is 0 Å². The van der Waals surface area contributed by atoms with Crippen LogP contribution in [-0.4, -0.2) is 46.8 Å². The van der Waals surface area contributed by atoms with E-state index in [0.29, 0.717) is 34.2 Å². The molecule has 1 aromatic carbocycles. The zero-order chi connectivity index (χ0) is 22.8. The van der Waals surface area contributed by atoms with Gasteiger partial charge in [-0.2, -0.15) is 0 Å². The molecule has 1 amide bonds. The molecular formula is C22H22FN7O2. The smallest absolute Gasteiger partial charge is 0.254 e. The number of benzene rings is 1. The normalized spacial score (nSPS) is 12.2. The molecule has 0 radical (unpaired) electrons. The van der Waals surface area contributed by atoms with Crippen molar-refractivity contribution in [3.63, 3.8) is 0 Å². The Morgan fingerprint density at radius 1 is 1.12 bits per heavy atom. The first-order valence-corrected chi connectivity index (χ1v) is 10.0. The molecule has 10 heteroatoms. The van der Waals surface area contributed by atoms with E-state index >= 15 is 0 Å². The predicted octanol–water partition coefficient (Wildman–Crippen LogP) is 2.67. The number of halogens is 1. The molecule has 4 rings (SSSR count). The summed E-state index contributed by atoms with van der Waals surface area (Å²) >= 11 is 0. The van der Waals surface area contributed by atoms with E-state index in [-0.39, 0.29) is 11.7 Å². The minimum Gasteiger partial charge on any atom is -0.373 e. The number of amides is 1. The van der Waals surface area contributed by atoms with Crippen molar-refractivity contribution in [3.05, 3.63) is 72.2 Å². The number of aliphatic hydroxyl groups excluding tert-OH is 1. The van der Waals surface area contributed by atoms with Gasteiger partial charge in [-0.05, 0) is 49.2 Å². The molecule has 1 atom stereocenters. The van der Waals surface area contributed by atoms with Crippen molar-refractivity contribution in [2.24, 2.45) is 5.92 Å². The molecule has 0 aliphatic rings. The topological polar surface area (TPSA) is 111 Å². The summed E-state index contributed by atoms with van der Waals surface area (Å²) in [6, 6.07) is 9.26. The number of pyridine rings is 1. The molecule has 3 heterocycles. The van der Waals surface area contributed by atoms with Crippen LogP contribution in [0.4, 0.5) is 4.39 Å². The zero-order valence-corrected chi connectivity index (χ0v) is 17.8. The van der Waals surface area contributed by atoms with Crippen molar-refractivity contribution in [2.75, 3.05) is 0 Å². The molecule has 0 spiro atoms. The van der Waals surface area contributed by atoms with Gasteiger partial charge in [0.15, 0.2) is 0 Å². The van der Waals surface area contributed by atoms with Crippen LogP contribution in [0.25, 0.3) is 22.9 Å². The van der Waals surface area contributed by atoms with E-state index in [1.807, 2.05) is 20.8 Å². The van der Waals surface area contributed by atoms with E-state index in [1.54, 1.807) is 46.0 Å². The Morgan fingerprint density at radius 2 is 1.88 bits per heavy atom. The van der Waals surface area contributed by atoms with Crippen molar-refractivity contribution in [2.45, 2.75) is 27.0 Å². The van der Waals surface area contributed by atoms with Gasteiger partial charge in [0, 0.05) is 12.4 Å². The molecule has 9 nitrogen and oxygen atoms in total. The number of hydrogen-bond donors (Lipinski definition) is 2. The van der Waals surface area contributed by atoms with Gasteiger partial charge in [-0.3, -0.25) is 9.36 Å². The van der Waals surface area contributed by atoms with Gasteiger partial charge < -0.3 is 10.4 Å². The molecule has 2 N–H and O–H groups in total. The second-order valence-electron chi connectivity index (χ2n) is 7.65. The molecule has 0 aliphatic carbocycles. The summed E-state index contributed by atoms with van der Waals surface area (Å²) in [5, 5.41) is 20.6. The Balaban J connectivity index is 1.58. The van der Waals surface area contributed by atoms with Crippen LogP contribution in [0.3, 0.4) is 0 Å². The number of nitrogens with one attached hydrogen (secondary N) is 1. The number of rotatable bonds is 6. The highest BCUT2D eigenvalue weighted by Gasteiger charge is 2.17. The molecule has 4 aromatic rings. The maximum absolute atomic E-state index is 13.3. The SMILES string of the molecule is Cc1nnn(-c2ccc(F)cc2)c1-c1cn(-c2ccc(C(=O)NC(O)C(C)C)cn2)cn1. The third-order valence-electron chi connectivity index (χ3n) is 4.92. The molecule has 1 unspecified atom stereocenters. The summed E-state index contributed by atoms with van der Waals surface area (Å²) in [7, 11) is 0. The van der Waals surface area contributed by atoms with Crippen LogP contribution < -0.4 is 5.32 Å². The molecular weight excluding hydrogens is 413 g/mol. The lowest BCUT2D eigenvalue weighted by atomic mass is 10.2. The van der Waals surface area contributed by atoms with E-state index in [2.05, 4.69) is 25.6 Å². The third kappa shape index (κ3) is 4.26. The van der Waals surface area contributed by atoms with Gasteiger partial charge in [0.2, 0.25) is 0 Å². The van der Waals surface area contributed by atoms with Crippen LogP contribution in [0, 0.1) is 18.7 Å². The van der Waals surface area contributed by atoms with E-state index in [4.69, 9.17) is 0 Å². The summed E-state index contributed by atoms with van der Waals surface area (Å²) in [6.07, 6.45) is 3.88. The number of carbonyl (C=O) groups is 1. The van der Waals surface area contributed by atoms with Gasteiger partial charge in [-0.15, -0.1) is 5.10 Å². The first-order valence-electron chi connectivity index (χ1n) is 10.0. The zero-order valence-electron chi connectivity index (χ0n) is 17.8. The minimum absolute atomic E-state index is 0.100. The van der Waals surface area contributed by atoms with Crippen molar-refractivity contribution < 1.29 is 14.3 Å². The highest BCUT2D eigenvalue weighted by atomic mass is 19.1. The number of carbonyl (C=O) groups excluding carboxylic acids is 1. The second kappa shape index (κ2) is 8.67. The second-order valence-corrected chi connectivity index (χ2v) is 7.65. The first-order chi connectivity index (χ1) is 15.3. The van der Waals surface area contributed by atoms with E-state index in [0.717, 1.165) is 0 Å². The fourth-order valence-electron chi connectivity index (χ4n) is 3.04. The number of aryl methyl sites for hydroxylation is 1. The maximum Gasteiger partial charge on any atom is 0.254 e. The Hall–Kier alpha value is -3.92. The number of imidazole rings is 1. The largest absolute Gasteiger partial charge is 0.373 e. The quantitative estimate of drug-likeness (QED) is 0.451. The van der Waals surface area contributed by atoms with Crippen molar-refractivity contribution in [3.8, 4) is 22.9 Å². The number of hydrogen-bond acceptors (Lipinski definition) is 6. The molecule has 3 aromatic heterocycles. The number of aliphatic hydroxyl groups is 1. The molecule has 164 valence electrons. The summed E-state index contributed by atoms with van der Waals surface area (Å²) < 4.78 is 16.6. The van der Waals surface area contributed by atoms with Gasteiger partial charge >= 0.3 is 0 Å². The third-order valence-corrected chi connectivity index (χ3v) is 4.92. The van der Waals surface area contributed by atoms with Gasteiger partial charge in [-0.1, -0.05) is 19.1 Å². The summed E-state index contributed by atoms with van der Waals surface area (Å²) in [5.74, 6) is -0.278.